The van der Waals surface area contributed by atoms with Crippen molar-refractivity contribution < 1.29 is 4.74 Å². The smallest absolute Gasteiger partial charge is 0.345 e. The van der Waals surface area contributed by atoms with E-state index in [-0.39, 0.29) is 5.69 Å². The van der Waals surface area contributed by atoms with E-state index in [4.69, 9.17) is 4.74 Å². The van der Waals surface area contributed by atoms with Crippen LogP contribution < -0.4 is 10.4 Å². The zero-order valence-electron chi connectivity index (χ0n) is 11.7. The Kier molecular flexibility index (Phi) is 3.69. The highest BCUT2D eigenvalue weighted by Gasteiger charge is 2.10. The molecule has 19 heavy (non-hydrogen) atoms. The summed E-state index contributed by atoms with van der Waals surface area (Å²) >= 11 is 0. The van der Waals surface area contributed by atoms with Gasteiger partial charge in [0.25, 0.3) is 0 Å². The van der Waals surface area contributed by atoms with Crippen LogP contribution in [0.5, 0.6) is 5.75 Å². The summed E-state index contributed by atoms with van der Waals surface area (Å²) in [5.74, 6) is 1.17. The van der Waals surface area contributed by atoms with Crippen LogP contribution in [0, 0.1) is 6.92 Å². The van der Waals surface area contributed by atoms with Gasteiger partial charge < -0.3 is 9.72 Å². The lowest BCUT2D eigenvalue weighted by molar-refractivity contribution is 0.415. The van der Waals surface area contributed by atoms with Crippen molar-refractivity contribution in [1.29, 1.82) is 0 Å². The van der Waals surface area contributed by atoms with Crippen LogP contribution in [0.1, 0.15) is 31.0 Å². The van der Waals surface area contributed by atoms with Gasteiger partial charge in [0.15, 0.2) is 0 Å². The molecule has 1 aromatic carbocycles. The Bertz CT molecular complexity index is 645. The van der Waals surface area contributed by atoms with Gasteiger partial charge in [-0.2, -0.15) is 4.98 Å². The molecule has 0 aliphatic rings. The van der Waals surface area contributed by atoms with Gasteiger partial charge in [-0.05, 0) is 36.6 Å². The van der Waals surface area contributed by atoms with Gasteiger partial charge in [0.05, 0.1) is 12.8 Å². The third kappa shape index (κ3) is 2.84. The lowest BCUT2D eigenvalue weighted by atomic mass is 9.99. The predicted octanol–water partition coefficient (Wildman–Crippen LogP) is 2.88. The summed E-state index contributed by atoms with van der Waals surface area (Å²) in [6.45, 7) is 6.09. The van der Waals surface area contributed by atoms with E-state index in [1.807, 2.05) is 31.2 Å². The summed E-state index contributed by atoms with van der Waals surface area (Å²) in [5, 5.41) is 0. The monoisotopic (exact) mass is 258 g/mol. The summed E-state index contributed by atoms with van der Waals surface area (Å²) in [6.07, 6.45) is 0. The van der Waals surface area contributed by atoms with Gasteiger partial charge in [0.1, 0.15) is 5.75 Å². The standard InChI is InChI=1S/C15H18N2O2/c1-9(2)11-5-6-12(14(8-11)19-4)13-7-10(3)16-15(18)17-13/h5-9H,1-4H3,(H,16,17,18). The van der Waals surface area contributed by atoms with Crippen LogP contribution in [0.15, 0.2) is 29.1 Å². The molecule has 1 aromatic heterocycles. The van der Waals surface area contributed by atoms with E-state index in [9.17, 15) is 4.79 Å². The van der Waals surface area contributed by atoms with Crippen LogP contribution in [0.4, 0.5) is 0 Å². The summed E-state index contributed by atoms with van der Waals surface area (Å²) in [7, 11) is 1.63. The third-order valence-corrected chi connectivity index (χ3v) is 3.05. The molecule has 1 N–H and O–H groups in total. The number of benzene rings is 1. The number of aromatic nitrogens is 2. The van der Waals surface area contributed by atoms with E-state index >= 15 is 0 Å². The number of aromatic amines is 1. The van der Waals surface area contributed by atoms with Crippen LogP contribution in [0.25, 0.3) is 11.3 Å². The zero-order chi connectivity index (χ0) is 14.0. The number of hydrogen-bond acceptors (Lipinski definition) is 3. The lowest BCUT2D eigenvalue weighted by Gasteiger charge is -2.12. The van der Waals surface area contributed by atoms with Crippen LogP contribution >= 0.6 is 0 Å². The van der Waals surface area contributed by atoms with E-state index < -0.39 is 0 Å². The van der Waals surface area contributed by atoms with Gasteiger partial charge in [-0.1, -0.05) is 19.9 Å². The van der Waals surface area contributed by atoms with E-state index in [0.29, 0.717) is 11.6 Å². The number of nitrogens with zero attached hydrogens (tertiary/aromatic N) is 1. The molecule has 0 saturated heterocycles. The van der Waals surface area contributed by atoms with Gasteiger partial charge >= 0.3 is 5.69 Å². The molecule has 0 saturated carbocycles. The SMILES string of the molecule is COc1cc(C(C)C)ccc1-c1cc(C)[nH]c(=O)n1. The van der Waals surface area contributed by atoms with Crippen molar-refractivity contribution in [3.63, 3.8) is 0 Å². The molecule has 0 unspecified atom stereocenters. The number of hydrogen-bond donors (Lipinski definition) is 1. The highest BCUT2D eigenvalue weighted by molar-refractivity contribution is 5.68. The van der Waals surface area contributed by atoms with Gasteiger partial charge in [0, 0.05) is 11.3 Å². The normalized spacial score (nSPS) is 10.8. The molecule has 0 bridgehead atoms. The summed E-state index contributed by atoms with van der Waals surface area (Å²) in [4.78, 5) is 18.1. The fraction of sp³-hybridized carbons (Fsp3) is 0.333. The number of nitrogens with one attached hydrogen (secondary N) is 1. The van der Waals surface area contributed by atoms with Gasteiger partial charge in [-0.25, -0.2) is 4.79 Å². The first-order valence-electron chi connectivity index (χ1n) is 6.27. The van der Waals surface area contributed by atoms with Crippen LogP contribution in [0.3, 0.4) is 0 Å². The average Bonchev–Trinajstić information content (AvgIpc) is 2.36. The van der Waals surface area contributed by atoms with Gasteiger partial charge in [-0.3, -0.25) is 0 Å². The van der Waals surface area contributed by atoms with Crippen LogP contribution in [0.2, 0.25) is 0 Å². The molecular formula is C15H18N2O2. The number of methoxy groups -OCH3 is 1. The molecule has 2 rings (SSSR count). The molecule has 0 radical (unpaired) electrons. The van der Waals surface area contributed by atoms with Crippen LogP contribution in [-0.2, 0) is 0 Å². The highest BCUT2D eigenvalue weighted by atomic mass is 16.5. The maximum atomic E-state index is 11.5. The topological polar surface area (TPSA) is 55.0 Å². The first-order valence-corrected chi connectivity index (χ1v) is 6.27. The van der Waals surface area contributed by atoms with Crippen molar-refractivity contribution in [2.75, 3.05) is 7.11 Å². The summed E-state index contributed by atoms with van der Waals surface area (Å²) in [6, 6.07) is 7.84. The van der Waals surface area contributed by atoms with Crippen molar-refractivity contribution in [3.8, 4) is 17.0 Å². The number of ether oxygens (including phenoxy) is 1. The second-order valence-corrected chi connectivity index (χ2v) is 4.87. The van der Waals surface area contributed by atoms with E-state index in [0.717, 1.165) is 17.0 Å². The highest BCUT2D eigenvalue weighted by Crippen LogP contribution is 2.31. The quantitative estimate of drug-likeness (QED) is 0.921. The lowest BCUT2D eigenvalue weighted by Crippen LogP contribution is -2.12. The molecule has 100 valence electrons. The second kappa shape index (κ2) is 5.26. The molecule has 0 aliphatic carbocycles. The number of H-pyrrole nitrogens is 1. The largest absolute Gasteiger partial charge is 0.496 e. The van der Waals surface area contributed by atoms with E-state index in [2.05, 4.69) is 23.8 Å². The Morgan fingerprint density at radius 3 is 2.58 bits per heavy atom. The van der Waals surface area contributed by atoms with Gasteiger partial charge in [0.2, 0.25) is 0 Å². The minimum atomic E-state index is -0.343. The average molecular weight is 258 g/mol. The van der Waals surface area contributed by atoms with Gasteiger partial charge in [-0.15, -0.1) is 0 Å². The Morgan fingerprint density at radius 2 is 2.00 bits per heavy atom. The maximum Gasteiger partial charge on any atom is 0.345 e. The summed E-state index contributed by atoms with van der Waals surface area (Å²) < 4.78 is 5.42. The fourth-order valence-electron chi connectivity index (χ4n) is 2.00. The predicted molar refractivity (Wildman–Crippen MR) is 75.7 cm³/mol. The first kappa shape index (κ1) is 13.3. The molecular weight excluding hydrogens is 240 g/mol. The molecule has 0 atom stereocenters. The second-order valence-electron chi connectivity index (χ2n) is 4.87. The van der Waals surface area contributed by atoms with E-state index in [1.54, 1.807) is 7.11 Å². The zero-order valence-corrected chi connectivity index (χ0v) is 11.7. The Balaban J connectivity index is 2.58. The Hall–Kier alpha value is -2.10. The van der Waals surface area contributed by atoms with Crippen LogP contribution in [-0.4, -0.2) is 17.1 Å². The Labute approximate surface area is 112 Å². The minimum absolute atomic E-state index is 0.343. The van der Waals surface area contributed by atoms with Crippen molar-refractivity contribution in [3.05, 3.63) is 46.0 Å². The maximum absolute atomic E-state index is 11.5. The fourth-order valence-corrected chi connectivity index (χ4v) is 2.00. The molecule has 0 fully saturated rings. The van der Waals surface area contributed by atoms with E-state index in [1.165, 1.54) is 5.56 Å². The van der Waals surface area contributed by atoms with Crippen molar-refractivity contribution in [1.82, 2.24) is 9.97 Å². The minimum Gasteiger partial charge on any atom is -0.496 e. The van der Waals surface area contributed by atoms with Crippen molar-refractivity contribution in [2.24, 2.45) is 0 Å². The Morgan fingerprint density at radius 1 is 1.26 bits per heavy atom. The summed E-state index contributed by atoms with van der Waals surface area (Å²) in [5.41, 5.74) is 3.10. The number of rotatable bonds is 3. The third-order valence-electron chi connectivity index (χ3n) is 3.05. The first-order chi connectivity index (χ1) is 9.01. The molecule has 2 aromatic rings. The van der Waals surface area contributed by atoms with Crippen molar-refractivity contribution >= 4 is 0 Å². The molecule has 1 heterocycles. The molecule has 4 nitrogen and oxygen atoms in total. The molecule has 4 heteroatoms. The number of aryl methyl sites for hydroxylation is 1. The molecule has 0 spiro atoms. The van der Waals surface area contributed by atoms with Crippen molar-refractivity contribution in [2.45, 2.75) is 26.7 Å². The molecule has 0 aliphatic heterocycles. The molecule has 0 amide bonds.